The number of nitrogens with zero attached hydrogens (tertiary/aromatic N) is 3. The van der Waals surface area contributed by atoms with Gasteiger partial charge in [-0.3, -0.25) is 4.98 Å². The van der Waals surface area contributed by atoms with Gasteiger partial charge in [0.2, 0.25) is 0 Å². The molecule has 1 unspecified atom stereocenters. The summed E-state index contributed by atoms with van der Waals surface area (Å²) in [5, 5.41) is 3.44. The van der Waals surface area contributed by atoms with Crippen molar-refractivity contribution >= 4 is 0 Å². The minimum Gasteiger partial charge on any atom is -0.335 e. The summed E-state index contributed by atoms with van der Waals surface area (Å²) in [5.41, 5.74) is 0.865. The van der Waals surface area contributed by atoms with Crippen molar-refractivity contribution in [3.63, 3.8) is 0 Å². The number of pyridine rings is 1. The Balaban J connectivity index is 2.19. The molecule has 5 heteroatoms. The van der Waals surface area contributed by atoms with Crippen molar-refractivity contribution in [1.82, 2.24) is 19.9 Å². The second-order valence-corrected chi connectivity index (χ2v) is 4.78. The normalized spacial score (nSPS) is 12.6. The number of rotatable bonds is 7. The quantitative estimate of drug-likeness (QED) is 0.845. The Bertz CT molecular complexity index is 538. The van der Waals surface area contributed by atoms with Crippen LogP contribution in [0.1, 0.15) is 37.7 Å². The predicted octanol–water partition coefficient (Wildman–Crippen LogP) is 2.72. The lowest BCUT2D eigenvalue weighted by Gasteiger charge is -2.19. The van der Waals surface area contributed by atoms with Crippen LogP contribution in [0.2, 0.25) is 0 Å². The second kappa shape index (κ2) is 7.14. The highest BCUT2D eigenvalue weighted by Crippen LogP contribution is 2.18. The minimum absolute atomic E-state index is 0.0332. The molecule has 0 saturated carbocycles. The maximum absolute atomic E-state index is 13.4. The molecule has 0 aliphatic carbocycles. The zero-order valence-corrected chi connectivity index (χ0v) is 12.0. The number of hydrogen-bond donors (Lipinski definition) is 1. The van der Waals surface area contributed by atoms with E-state index in [1.165, 1.54) is 6.20 Å². The number of nitrogens with one attached hydrogen (secondary N) is 1. The van der Waals surface area contributed by atoms with Gasteiger partial charge < -0.3 is 9.88 Å². The van der Waals surface area contributed by atoms with Crippen LogP contribution in [0, 0.1) is 5.82 Å². The van der Waals surface area contributed by atoms with Gasteiger partial charge in [0.05, 0.1) is 6.20 Å². The molecule has 20 heavy (non-hydrogen) atoms. The molecule has 2 aromatic heterocycles. The smallest absolute Gasteiger partial charge is 0.141 e. The Morgan fingerprint density at radius 2 is 2.20 bits per heavy atom. The molecule has 0 aliphatic heterocycles. The first kappa shape index (κ1) is 14.7. The van der Waals surface area contributed by atoms with Crippen molar-refractivity contribution in [1.29, 1.82) is 0 Å². The SMILES string of the molecule is CCCNC(Cc1nccn1CC)c1cncc(F)c1. The Hall–Kier alpha value is -1.75. The summed E-state index contributed by atoms with van der Waals surface area (Å²) in [6.07, 6.45) is 8.48. The lowest BCUT2D eigenvalue weighted by Crippen LogP contribution is -2.25. The highest BCUT2D eigenvalue weighted by Gasteiger charge is 2.15. The van der Waals surface area contributed by atoms with Crippen LogP contribution >= 0.6 is 0 Å². The van der Waals surface area contributed by atoms with Crippen molar-refractivity contribution in [3.05, 3.63) is 48.1 Å². The molecule has 2 heterocycles. The van der Waals surface area contributed by atoms with Gasteiger partial charge in [0.15, 0.2) is 0 Å². The van der Waals surface area contributed by atoms with Gasteiger partial charge in [0.25, 0.3) is 0 Å². The van der Waals surface area contributed by atoms with Crippen molar-refractivity contribution in [2.24, 2.45) is 0 Å². The molecule has 4 nitrogen and oxygen atoms in total. The number of aryl methyl sites for hydroxylation is 1. The topological polar surface area (TPSA) is 42.7 Å². The van der Waals surface area contributed by atoms with Crippen LogP contribution in [0.15, 0.2) is 30.9 Å². The minimum atomic E-state index is -0.301. The first-order chi connectivity index (χ1) is 9.74. The van der Waals surface area contributed by atoms with E-state index in [9.17, 15) is 4.39 Å². The summed E-state index contributed by atoms with van der Waals surface area (Å²) in [6, 6.07) is 1.57. The lowest BCUT2D eigenvalue weighted by molar-refractivity contribution is 0.501. The van der Waals surface area contributed by atoms with E-state index in [0.717, 1.165) is 37.3 Å². The van der Waals surface area contributed by atoms with E-state index >= 15 is 0 Å². The molecule has 0 aromatic carbocycles. The van der Waals surface area contributed by atoms with Gasteiger partial charge in [0, 0.05) is 37.6 Å². The molecule has 2 rings (SSSR count). The number of halogens is 1. The number of aromatic nitrogens is 3. The Morgan fingerprint density at radius 3 is 2.90 bits per heavy atom. The maximum Gasteiger partial charge on any atom is 0.141 e. The molecular formula is C15H21FN4. The van der Waals surface area contributed by atoms with Crippen LogP contribution in [0.4, 0.5) is 4.39 Å². The fraction of sp³-hybridized carbons (Fsp3) is 0.467. The Labute approximate surface area is 119 Å². The molecule has 0 bridgehead atoms. The highest BCUT2D eigenvalue weighted by molar-refractivity contribution is 5.17. The molecule has 2 aromatic rings. The third-order valence-corrected chi connectivity index (χ3v) is 3.30. The monoisotopic (exact) mass is 276 g/mol. The molecule has 0 radical (unpaired) electrons. The van der Waals surface area contributed by atoms with Crippen molar-refractivity contribution in [2.45, 2.75) is 39.3 Å². The largest absolute Gasteiger partial charge is 0.335 e. The van der Waals surface area contributed by atoms with Gasteiger partial charge in [-0.1, -0.05) is 6.92 Å². The molecule has 1 atom stereocenters. The fourth-order valence-corrected chi connectivity index (χ4v) is 2.25. The van der Waals surface area contributed by atoms with E-state index in [1.807, 2.05) is 6.20 Å². The molecular weight excluding hydrogens is 255 g/mol. The van der Waals surface area contributed by atoms with E-state index in [-0.39, 0.29) is 11.9 Å². The molecule has 1 N–H and O–H groups in total. The van der Waals surface area contributed by atoms with Crippen molar-refractivity contribution in [2.75, 3.05) is 6.54 Å². The fourth-order valence-electron chi connectivity index (χ4n) is 2.25. The average Bonchev–Trinajstić information content (AvgIpc) is 2.90. The van der Waals surface area contributed by atoms with Gasteiger partial charge in [-0.2, -0.15) is 0 Å². The van der Waals surface area contributed by atoms with E-state index < -0.39 is 0 Å². The molecule has 0 fully saturated rings. The van der Waals surface area contributed by atoms with Gasteiger partial charge in [-0.15, -0.1) is 0 Å². The van der Waals surface area contributed by atoms with Crippen LogP contribution in [-0.2, 0) is 13.0 Å². The summed E-state index contributed by atoms with van der Waals surface area (Å²) in [7, 11) is 0. The van der Waals surface area contributed by atoms with Crippen molar-refractivity contribution < 1.29 is 4.39 Å². The first-order valence-electron chi connectivity index (χ1n) is 7.08. The zero-order valence-electron chi connectivity index (χ0n) is 12.0. The number of imidazole rings is 1. The molecule has 0 spiro atoms. The summed E-state index contributed by atoms with van der Waals surface area (Å²) in [4.78, 5) is 8.33. The van der Waals surface area contributed by atoms with E-state index in [0.29, 0.717) is 0 Å². The zero-order chi connectivity index (χ0) is 14.4. The molecule has 0 saturated heterocycles. The van der Waals surface area contributed by atoms with Crippen LogP contribution in [0.5, 0.6) is 0 Å². The van der Waals surface area contributed by atoms with Crippen LogP contribution in [0.3, 0.4) is 0 Å². The van der Waals surface area contributed by atoms with Crippen molar-refractivity contribution in [3.8, 4) is 0 Å². The van der Waals surface area contributed by atoms with Crippen LogP contribution in [0.25, 0.3) is 0 Å². The second-order valence-electron chi connectivity index (χ2n) is 4.78. The first-order valence-corrected chi connectivity index (χ1v) is 7.08. The Morgan fingerprint density at radius 1 is 1.35 bits per heavy atom. The predicted molar refractivity (Wildman–Crippen MR) is 76.8 cm³/mol. The van der Waals surface area contributed by atoms with Gasteiger partial charge in [-0.25, -0.2) is 9.37 Å². The molecule has 0 aliphatic rings. The lowest BCUT2D eigenvalue weighted by atomic mass is 10.1. The maximum atomic E-state index is 13.4. The third kappa shape index (κ3) is 3.63. The number of hydrogen-bond acceptors (Lipinski definition) is 3. The van der Waals surface area contributed by atoms with Crippen LogP contribution < -0.4 is 5.32 Å². The van der Waals surface area contributed by atoms with Gasteiger partial charge in [0.1, 0.15) is 11.6 Å². The van der Waals surface area contributed by atoms with Crippen LogP contribution in [-0.4, -0.2) is 21.1 Å². The summed E-state index contributed by atoms with van der Waals surface area (Å²) in [5.74, 6) is 0.704. The van der Waals surface area contributed by atoms with Gasteiger partial charge >= 0.3 is 0 Å². The molecule has 108 valence electrons. The summed E-state index contributed by atoms with van der Waals surface area (Å²) < 4.78 is 15.5. The Kier molecular flexibility index (Phi) is 5.24. The van der Waals surface area contributed by atoms with E-state index in [1.54, 1.807) is 18.5 Å². The summed E-state index contributed by atoms with van der Waals surface area (Å²) >= 11 is 0. The highest BCUT2D eigenvalue weighted by atomic mass is 19.1. The average molecular weight is 276 g/mol. The summed E-state index contributed by atoms with van der Waals surface area (Å²) in [6.45, 7) is 5.97. The van der Waals surface area contributed by atoms with E-state index in [4.69, 9.17) is 0 Å². The molecule has 0 amide bonds. The van der Waals surface area contributed by atoms with E-state index in [2.05, 4.69) is 33.7 Å². The standard InChI is InChI=1S/C15H21FN4/c1-3-5-18-14(12-8-13(16)11-17-10-12)9-15-19-6-7-20(15)4-2/h6-8,10-11,14,18H,3-5,9H2,1-2H3. The third-order valence-electron chi connectivity index (χ3n) is 3.30. The van der Waals surface area contributed by atoms with Gasteiger partial charge in [-0.05, 0) is 31.5 Å².